The van der Waals surface area contributed by atoms with E-state index >= 15 is 0 Å². The van der Waals surface area contributed by atoms with Crippen molar-refractivity contribution in [2.45, 2.75) is 0 Å². The minimum atomic E-state index is -0.692. The van der Waals surface area contributed by atoms with E-state index in [1.54, 1.807) is 34.9 Å². The normalized spacial score (nSPS) is 11.0. The summed E-state index contributed by atoms with van der Waals surface area (Å²) < 4.78 is 12.4. The highest BCUT2D eigenvalue weighted by atomic mass is 16.6. The van der Waals surface area contributed by atoms with Crippen LogP contribution in [0.3, 0.4) is 0 Å². The van der Waals surface area contributed by atoms with Crippen LogP contribution in [-0.2, 0) is 0 Å². The van der Waals surface area contributed by atoms with Gasteiger partial charge in [0.05, 0.1) is 46.9 Å². The Hall–Kier alpha value is -5.13. The average Bonchev–Trinajstić information content (AvgIpc) is 3.24. The second kappa shape index (κ2) is 8.33. The van der Waals surface area contributed by atoms with Crippen molar-refractivity contribution in [1.29, 1.82) is 0 Å². The smallest absolute Gasteiger partial charge is 0.277 e. The number of ether oxygens (including phenoxy) is 2. The third-order valence-corrected chi connectivity index (χ3v) is 5.35. The highest BCUT2D eigenvalue weighted by Gasteiger charge is 2.24. The molecule has 5 rings (SSSR count). The van der Waals surface area contributed by atoms with Gasteiger partial charge in [-0.05, 0) is 12.1 Å². The molecular formula is C23H16N6O6. The largest absolute Gasteiger partial charge is 0.497 e. The molecule has 0 saturated heterocycles. The number of nitrogens with zero attached hydrogens (tertiary/aromatic N) is 6. The number of imidazole rings is 1. The zero-order valence-corrected chi connectivity index (χ0v) is 18.4. The van der Waals surface area contributed by atoms with Crippen molar-refractivity contribution >= 4 is 33.7 Å². The Morgan fingerprint density at radius 1 is 0.771 bits per heavy atom. The molecule has 0 aliphatic heterocycles. The number of nitro benzene ring substituents is 2. The number of benzene rings is 3. The predicted molar refractivity (Wildman–Crippen MR) is 126 cm³/mol. The van der Waals surface area contributed by atoms with Crippen molar-refractivity contribution in [3.05, 3.63) is 80.9 Å². The van der Waals surface area contributed by atoms with Gasteiger partial charge in [0.15, 0.2) is 11.3 Å². The lowest BCUT2D eigenvalue weighted by Gasteiger charge is -2.12. The van der Waals surface area contributed by atoms with Gasteiger partial charge in [0.2, 0.25) is 0 Å². The molecule has 35 heavy (non-hydrogen) atoms. The third-order valence-electron chi connectivity index (χ3n) is 5.35. The molecule has 0 radical (unpaired) electrons. The van der Waals surface area contributed by atoms with Gasteiger partial charge in [-0.2, -0.15) is 0 Å². The number of rotatable bonds is 6. The molecule has 2 heterocycles. The molecule has 12 heteroatoms. The Labute approximate surface area is 196 Å². The van der Waals surface area contributed by atoms with Crippen molar-refractivity contribution in [2.24, 2.45) is 0 Å². The van der Waals surface area contributed by atoms with Gasteiger partial charge in [-0.15, -0.1) is 0 Å². The van der Waals surface area contributed by atoms with Gasteiger partial charge in [0.25, 0.3) is 11.4 Å². The molecule has 174 valence electrons. The minimum Gasteiger partial charge on any atom is -0.497 e. The topological polar surface area (TPSA) is 148 Å². The SMILES string of the molecule is COc1cc(OC)cc(-n2c(-c3cc([N+](=O)[O-])cc([N+](=O)[O-])c3)nc3nc4ccccc4nc32)c1. The standard InChI is InChI=1S/C23H16N6O6/c1-34-17-10-14(11-18(12-17)35-2)27-22(13-7-15(28(30)31)9-16(8-13)29(32)33)26-21-23(27)25-20-6-4-3-5-19(20)24-21/h3-12H,1-2H3. The summed E-state index contributed by atoms with van der Waals surface area (Å²) in [6.45, 7) is 0. The fourth-order valence-electron chi connectivity index (χ4n) is 3.75. The van der Waals surface area contributed by atoms with Gasteiger partial charge < -0.3 is 9.47 Å². The molecule has 0 unspecified atom stereocenters. The van der Waals surface area contributed by atoms with E-state index in [-0.39, 0.29) is 17.0 Å². The Bertz CT molecular complexity index is 1590. The molecule has 0 amide bonds. The van der Waals surface area contributed by atoms with E-state index in [0.29, 0.717) is 33.9 Å². The van der Waals surface area contributed by atoms with Crippen LogP contribution in [0.1, 0.15) is 0 Å². The van der Waals surface area contributed by atoms with Crippen LogP contribution in [0.4, 0.5) is 11.4 Å². The van der Waals surface area contributed by atoms with Crippen LogP contribution in [0, 0.1) is 20.2 Å². The summed E-state index contributed by atoms with van der Waals surface area (Å²) in [7, 11) is 3.01. The maximum atomic E-state index is 11.5. The minimum absolute atomic E-state index is 0.150. The Kier molecular flexibility index (Phi) is 5.17. The number of nitro groups is 2. The maximum absolute atomic E-state index is 11.5. The predicted octanol–water partition coefficient (Wildman–Crippen LogP) is 4.47. The summed E-state index contributed by atoms with van der Waals surface area (Å²) in [6, 6.07) is 15.7. The van der Waals surface area contributed by atoms with Crippen LogP contribution >= 0.6 is 0 Å². The second-order valence-corrected chi connectivity index (χ2v) is 7.45. The number of non-ortho nitro benzene ring substituents is 2. The van der Waals surface area contributed by atoms with E-state index in [9.17, 15) is 20.2 Å². The zero-order chi connectivity index (χ0) is 24.7. The van der Waals surface area contributed by atoms with Crippen LogP contribution < -0.4 is 9.47 Å². The molecule has 0 aliphatic rings. The second-order valence-electron chi connectivity index (χ2n) is 7.45. The first-order chi connectivity index (χ1) is 16.9. The average molecular weight is 472 g/mol. The summed E-state index contributed by atoms with van der Waals surface area (Å²) in [5.41, 5.74) is 1.59. The number of methoxy groups -OCH3 is 2. The lowest BCUT2D eigenvalue weighted by molar-refractivity contribution is -0.394. The van der Waals surface area contributed by atoms with E-state index in [1.807, 2.05) is 12.1 Å². The molecule has 5 aromatic rings. The molecule has 3 aromatic carbocycles. The molecule has 0 atom stereocenters. The Morgan fingerprint density at radius 3 is 1.89 bits per heavy atom. The quantitative estimate of drug-likeness (QED) is 0.258. The number of hydrogen-bond acceptors (Lipinski definition) is 9. The highest BCUT2D eigenvalue weighted by Crippen LogP contribution is 2.35. The molecule has 0 fully saturated rings. The fourth-order valence-corrected chi connectivity index (χ4v) is 3.75. The van der Waals surface area contributed by atoms with E-state index in [0.717, 1.165) is 6.07 Å². The van der Waals surface area contributed by atoms with E-state index < -0.39 is 21.2 Å². The molecule has 0 aliphatic carbocycles. The first-order valence-corrected chi connectivity index (χ1v) is 10.2. The monoisotopic (exact) mass is 472 g/mol. The van der Waals surface area contributed by atoms with Crippen LogP contribution in [0.5, 0.6) is 11.5 Å². The number of para-hydroxylation sites is 2. The van der Waals surface area contributed by atoms with Crippen molar-refractivity contribution in [2.75, 3.05) is 14.2 Å². The summed E-state index contributed by atoms with van der Waals surface area (Å²) >= 11 is 0. The lowest BCUT2D eigenvalue weighted by Crippen LogP contribution is -2.02. The van der Waals surface area contributed by atoms with Gasteiger partial charge in [-0.25, -0.2) is 15.0 Å². The van der Waals surface area contributed by atoms with Gasteiger partial charge in [-0.1, -0.05) is 12.1 Å². The molecule has 12 nitrogen and oxygen atoms in total. The van der Waals surface area contributed by atoms with Crippen molar-refractivity contribution in [3.8, 4) is 28.6 Å². The Balaban J connectivity index is 1.89. The van der Waals surface area contributed by atoms with E-state index in [2.05, 4.69) is 9.97 Å². The maximum Gasteiger partial charge on any atom is 0.277 e. The van der Waals surface area contributed by atoms with Gasteiger partial charge >= 0.3 is 0 Å². The first kappa shape index (κ1) is 21.7. The molecule has 0 N–H and O–H groups in total. The van der Waals surface area contributed by atoms with Crippen LogP contribution in [-0.4, -0.2) is 43.6 Å². The molecular weight excluding hydrogens is 456 g/mol. The van der Waals surface area contributed by atoms with Gasteiger partial charge in [-0.3, -0.25) is 24.8 Å². The van der Waals surface area contributed by atoms with Crippen LogP contribution in [0.15, 0.2) is 60.7 Å². The van der Waals surface area contributed by atoms with Crippen molar-refractivity contribution < 1.29 is 19.3 Å². The van der Waals surface area contributed by atoms with Crippen LogP contribution in [0.2, 0.25) is 0 Å². The summed E-state index contributed by atoms with van der Waals surface area (Å²) in [5.74, 6) is 1.13. The summed E-state index contributed by atoms with van der Waals surface area (Å²) in [4.78, 5) is 35.5. The molecule has 0 bridgehead atoms. The van der Waals surface area contributed by atoms with Gasteiger partial charge in [0, 0.05) is 35.9 Å². The molecule has 0 saturated carbocycles. The van der Waals surface area contributed by atoms with E-state index in [1.165, 1.54) is 26.4 Å². The zero-order valence-electron chi connectivity index (χ0n) is 18.4. The lowest BCUT2D eigenvalue weighted by atomic mass is 10.1. The number of fused-ring (bicyclic) bond motifs is 2. The summed E-state index contributed by atoms with van der Waals surface area (Å²) in [6.07, 6.45) is 0. The third kappa shape index (κ3) is 3.82. The summed E-state index contributed by atoms with van der Waals surface area (Å²) in [5, 5.41) is 23.0. The van der Waals surface area contributed by atoms with Crippen molar-refractivity contribution in [3.63, 3.8) is 0 Å². The fraction of sp³-hybridized carbons (Fsp3) is 0.0870. The van der Waals surface area contributed by atoms with Crippen molar-refractivity contribution in [1.82, 2.24) is 19.5 Å². The first-order valence-electron chi connectivity index (χ1n) is 10.2. The van der Waals surface area contributed by atoms with Gasteiger partial charge in [0.1, 0.15) is 17.3 Å². The number of hydrogen-bond donors (Lipinski definition) is 0. The molecule has 0 spiro atoms. The van der Waals surface area contributed by atoms with E-state index in [4.69, 9.17) is 14.5 Å². The van der Waals surface area contributed by atoms with Crippen LogP contribution in [0.25, 0.3) is 39.4 Å². The number of aromatic nitrogens is 4. The highest BCUT2D eigenvalue weighted by molar-refractivity contribution is 5.86. The molecule has 2 aromatic heterocycles. The Morgan fingerprint density at radius 2 is 1.34 bits per heavy atom.